The molecule has 0 atom stereocenters. The molecule has 0 saturated carbocycles. The first-order chi connectivity index (χ1) is 11.8. The molecule has 0 radical (unpaired) electrons. The monoisotopic (exact) mass is 360 g/mol. The molecule has 0 amide bonds. The van der Waals surface area contributed by atoms with E-state index in [9.17, 15) is 8.42 Å². The Balaban J connectivity index is 2.23. The van der Waals surface area contributed by atoms with E-state index in [1.54, 1.807) is 0 Å². The third-order valence-corrected chi connectivity index (χ3v) is 7.24. The van der Waals surface area contributed by atoms with Crippen molar-refractivity contribution in [3.8, 4) is 0 Å². The van der Waals surface area contributed by atoms with Gasteiger partial charge in [0.25, 0.3) is 0 Å². The molecule has 0 heterocycles. The minimum Gasteiger partial charge on any atom is -0.319 e. The van der Waals surface area contributed by atoms with Crippen LogP contribution in [0.1, 0.15) is 30.5 Å². The number of sulfone groups is 1. The van der Waals surface area contributed by atoms with Crippen LogP contribution in [0.3, 0.4) is 0 Å². The van der Waals surface area contributed by atoms with Crippen molar-refractivity contribution in [2.75, 3.05) is 25.4 Å². The van der Waals surface area contributed by atoms with E-state index < -0.39 is 9.84 Å². The van der Waals surface area contributed by atoms with Gasteiger partial charge in [-0.3, -0.25) is 0 Å². The van der Waals surface area contributed by atoms with Crippen LogP contribution in [0.2, 0.25) is 0 Å². The van der Waals surface area contributed by atoms with Crippen molar-refractivity contribution < 1.29 is 12.9 Å². The lowest BCUT2D eigenvalue weighted by molar-refractivity contribution is -0.935. The van der Waals surface area contributed by atoms with Crippen molar-refractivity contribution in [3.05, 3.63) is 65.2 Å². The predicted molar refractivity (Wildman–Crippen MR) is 104 cm³/mol. The highest BCUT2D eigenvalue weighted by Crippen LogP contribution is 2.23. The fraction of sp³-hybridized carbons (Fsp3) is 0.429. The van der Waals surface area contributed by atoms with Gasteiger partial charge in [-0.2, -0.15) is 0 Å². The first-order valence-electron chi connectivity index (χ1n) is 9.01. The molecule has 0 aliphatic carbocycles. The highest BCUT2D eigenvalue weighted by Gasteiger charge is 2.28. The Morgan fingerprint density at radius 1 is 0.840 bits per heavy atom. The highest BCUT2D eigenvalue weighted by molar-refractivity contribution is 7.91. The van der Waals surface area contributed by atoms with Gasteiger partial charge in [-0.1, -0.05) is 48.5 Å². The molecule has 2 rings (SSSR count). The summed E-state index contributed by atoms with van der Waals surface area (Å²) >= 11 is 0. The molecule has 2 aromatic rings. The maximum atomic E-state index is 13.0. The SMILES string of the molecule is CC[N+](CC)(CCS(=O)(=O)c1c(C)cccc1C)Cc1ccccc1. The van der Waals surface area contributed by atoms with Crippen LogP contribution in [-0.2, 0) is 16.4 Å². The van der Waals surface area contributed by atoms with Crippen molar-refractivity contribution in [1.29, 1.82) is 0 Å². The summed E-state index contributed by atoms with van der Waals surface area (Å²) in [6.45, 7) is 11.4. The van der Waals surface area contributed by atoms with Crippen molar-refractivity contribution in [3.63, 3.8) is 0 Å². The number of hydrogen-bond acceptors (Lipinski definition) is 2. The van der Waals surface area contributed by atoms with Crippen LogP contribution in [0, 0.1) is 13.8 Å². The van der Waals surface area contributed by atoms with Crippen LogP contribution in [0.15, 0.2) is 53.4 Å². The van der Waals surface area contributed by atoms with Crippen molar-refractivity contribution in [2.45, 2.75) is 39.1 Å². The topological polar surface area (TPSA) is 34.1 Å². The Hall–Kier alpha value is -1.65. The first kappa shape index (κ1) is 19.7. The van der Waals surface area contributed by atoms with E-state index in [1.165, 1.54) is 5.56 Å². The van der Waals surface area contributed by atoms with E-state index in [1.807, 2.05) is 50.2 Å². The molecular weight excluding hydrogens is 330 g/mol. The summed E-state index contributed by atoms with van der Waals surface area (Å²) in [5.74, 6) is 0.188. The van der Waals surface area contributed by atoms with Gasteiger partial charge in [0.15, 0.2) is 9.84 Å². The van der Waals surface area contributed by atoms with E-state index in [-0.39, 0.29) is 5.75 Å². The van der Waals surface area contributed by atoms with Crippen LogP contribution in [-0.4, -0.2) is 38.3 Å². The zero-order valence-corrected chi connectivity index (χ0v) is 16.6. The summed E-state index contributed by atoms with van der Waals surface area (Å²) < 4.78 is 26.8. The highest BCUT2D eigenvalue weighted by atomic mass is 32.2. The van der Waals surface area contributed by atoms with E-state index in [2.05, 4.69) is 26.0 Å². The molecule has 0 bridgehead atoms. The van der Waals surface area contributed by atoms with Crippen LogP contribution < -0.4 is 0 Å². The molecule has 4 heteroatoms. The average Bonchev–Trinajstić information content (AvgIpc) is 2.59. The van der Waals surface area contributed by atoms with Gasteiger partial charge in [-0.15, -0.1) is 0 Å². The maximum absolute atomic E-state index is 13.0. The lowest BCUT2D eigenvalue weighted by atomic mass is 10.2. The van der Waals surface area contributed by atoms with Gasteiger partial charge < -0.3 is 4.48 Å². The molecule has 0 aliphatic heterocycles. The Morgan fingerprint density at radius 3 is 1.92 bits per heavy atom. The molecule has 25 heavy (non-hydrogen) atoms. The molecule has 0 N–H and O–H groups in total. The normalized spacial score (nSPS) is 12.3. The van der Waals surface area contributed by atoms with Gasteiger partial charge in [0, 0.05) is 5.56 Å². The van der Waals surface area contributed by atoms with Crippen LogP contribution in [0.4, 0.5) is 0 Å². The summed E-state index contributed by atoms with van der Waals surface area (Å²) in [5.41, 5.74) is 2.94. The molecular formula is C21H30NO2S+. The summed E-state index contributed by atoms with van der Waals surface area (Å²) in [6, 6.07) is 16.0. The molecule has 0 spiro atoms. The number of benzene rings is 2. The molecule has 136 valence electrons. The van der Waals surface area contributed by atoms with E-state index in [0.29, 0.717) is 11.4 Å². The smallest absolute Gasteiger partial charge is 0.184 e. The second-order valence-corrected chi connectivity index (χ2v) is 8.93. The molecule has 2 aromatic carbocycles. The van der Waals surface area contributed by atoms with Gasteiger partial charge in [-0.25, -0.2) is 8.42 Å². The van der Waals surface area contributed by atoms with E-state index in [4.69, 9.17) is 0 Å². The molecule has 3 nitrogen and oxygen atoms in total. The standard InChI is InChI=1S/C21H30NO2S/c1-5-22(6-2,17-20-13-8-7-9-14-20)15-16-25(23,24)21-18(3)11-10-12-19(21)4/h7-14H,5-6,15-17H2,1-4H3/q+1. The van der Waals surface area contributed by atoms with Crippen LogP contribution in [0.25, 0.3) is 0 Å². The first-order valence-corrected chi connectivity index (χ1v) is 10.7. The van der Waals surface area contributed by atoms with Crippen LogP contribution in [0.5, 0.6) is 0 Å². The van der Waals surface area contributed by atoms with Gasteiger partial charge in [0.2, 0.25) is 0 Å². The van der Waals surface area contributed by atoms with Crippen LogP contribution >= 0.6 is 0 Å². The van der Waals surface area contributed by atoms with Gasteiger partial charge >= 0.3 is 0 Å². The predicted octanol–water partition coefficient (Wildman–Crippen LogP) is 4.13. The molecule has 0 fully saturated rings. The molecule has 0 aromatic heterocycles. The zero-order chi connectivity index (χ0) is 18.5. The third kappa shape index (κ3) is 4.71. The number of rotatable bonds is 8. The average molecular weight is 361 g/mol. The number of hydrogen-bond donors (Lipinski definition) is 0. The second-order valence-electron chi connectivity index (χ2n) is 6.88. The third-order valence-electron chi connectivity index (χ3n) is 5.26. The summed E-state index contributed by atoms with van der Waals surface area (Å²) in [6.07, 6.45) is 0. The maximum Gasteiger partial charge on any atom is 0.184 e. The lowest BCUT2D eigenvalue weighted by Gasteiger charge is -2.37. The number of aryl methyl sites for hydroxylation is 2. The van der Waals surface area contributed by atoms with Crippen molar-refractivity contribution in [1.82, 2.24) is 0 Å². The minimum absolute atomic E-state index is 0.188. The molecule has 0 aliphatic rings. The van der Waals surface area contributed by atoms with Gasteiger partial charge in [0.1, 0.15) is 12.3 Å². The minimum atomic E-state index is -3.28. The Kier molecular flexibility index (Phi) is 6.42. The zero-order valence-electron chi connectivity index (χ0n) is 15.8. The number of quaternary nitrogens is 1. The summed E-state index contributed by atoms with van der Waals surface area (Å²) in [4.78, 5) is 0.514. The second kappa shape index (κ2) is 8.15. The lowest BCUT2D eigenvalue weighted by Crippen LogP contribution is -2.49. The molecule has 0 unspecified atom stereocenters. The van der Waals surface area contributed by atoms with Gasteiger partial charge in [0.05, 0.1) is 24.5 Å². The van der Waals surface area contributed by atoms with Crippen molar-refractivity contribution >= 4 is 9.84 Å². The fourth-order valence-corrected chi connectivity index (χ4v) is 5.47. The van der Waals surface area contributed by atoms with Gasteiger partial charge in [-0.05, 0) is 38.8 Å². The summed E-state index contributed by atoms with van der Waals surface area (Å²) in [7, 11) is -3.28. The van der Waals surface area contributed by atoms with E-state index >= 15 is 0 Å². The van der Waals surface area contributed by atoms with Crippen molar-refractivity contribution in [2.24, 2.45) is 0 Å². The Bertz CT molecular complexity index is 774. The largest absolute Gasteiger partial charge is 0.319 e. The molecule has 0 saturated heterocycles. The Morgan fingerprint density at radius 2 is 1.40 bits per heavy atom. The number of nitrogens with zero attached hydrogens (tertiary/aromatic N) is 1. The van der Waals surface area contributed by atoms with E-state index in [0.717, 1.165) is 35.2 Å². The quantitative estimate of drug-likeness (QED) is 0.663. The summed E-state index contributed by atoms with van der Waals surface area (Å²) in [5, 5.41) is 0. The Labute approximate surface area is 152 Å². The fourth-order valence-electron chi connectivity index (χ4n) is 3.52.